The molecule has 0 amide bonds. The molecule has 0 aromatic heterocycles. The van der Waals surface area contributed by atoms with E-state index in [1.54, 1.807) is 0 Å². The molecule has 0 N–H and O–H groups in total. The summed E-state index contributed by atoms with van der Waals surface area (Å²) in [6.45, 7) is -0.847. The number of hydrogen-bond donors (Lipinski definition) is 0. The molecule has 54 valence electrons. The number of ether oxygens (including phenoxy) is 2. The average molecular weight is 136 g/mol. The SMILES string of the molecule is COCOC(C=O)CF. The molecular weight excluding hydrogens is 127 g/mol. The van der Waals surface area contributed by atoms with Gasteiger partial charge in [-0.1, -0.05) is 0 Å². The predicted octanol–water partition coefficient (Wildman–Crippen LogP) is 0.144. The van der Waals surface area contributed by atoms with Crippen molar-refractivity contribution in [3.63, 3.8) is 0 Å². The summed E-state index contributed by atoms with van der Waals surface area (Å²) >= 11 is 0. The number of alkyl halides is 1. The van der Waals surface area contributed by atoms with Gasteiger partial charge in [-0.15, -0.1) is 0 Å². The van der Waals surface area contributed by atoms with Gasteiger partial charge in [0.25, 0.3) is 0 Å². The molecule has 0 heterocycles. The summed E-state index contributed by atoms with van der Waals surface area (Å²) in [5.41, 5.74) is 0. The normalized spacial score (nSPS) is 13.1. The number of carbonyl (C=O) groups excluding carboxylic acids is 1. The zero-order chi connectivity index (χ0) is 7.11. The minimum absolute atomic E-state index is 0.0483. The molecular formula is C5H9FO3. The van der Waals surface area contributed by atoms with E-state index in [-0.39, 0.29) is 6.79 Å². The van der Waals surface area contributed by atoms with Crippen LogP contribution in [0.15, 0.2) is 0 Å². The lowest BCUT2D eigenvalue weighted by molar-refractivity contribution is -0.128. The molecule has 0 saturated carbocycles. The third-order valence-corrected chi connectivity index (χ3v) is 0.704. The van der Waals surface area contributed by atoms with Gasteiger partial charge in [0.15, 0.2) is 6.29 Å². The molecule has 0 aliphatic heterocycles. The summed E-state index contributed by atoms with van der Waals surface area (Å²) in [7, 11) is 1.40. The predicted molar refractivity (Wildman–Crippen MR) is 28.8 cm³/mol. The van der Waals surface area contributed by atoms with Gasteiger partial charge in [0, 0.05) is 7.11 Å². The van der Waals surface area contributed by atoms with E-state index in [2.05, 4.69) is 9.47 Å². The van der Waals surface area contributed by atoms with Crippen molar-refractivity contribution in [3.05, 3.63) is 0 Å². The van der Waals surface area contributed by atoms with Gasteiger partial charge in [-0.25, -0.2) is 4.39 Å². The van der Waals surface area contributed by atoms with E-state index >= 15 is 0 Å². The van der Waals surface area contributed by atoms with Crippen molar-refractivity contribution >= 4 is 6.29 Å². The highest BCUT2D eigenvalue weighted by Gasteiger charge is 2.04. The summed E-state index contributed by atoms with van der Waals surface area (Å²) in [5.74, 6) is 0. The topological polar surface area (TPSA) is 35.5 Å². The number of halogens is 1. The number of aldehydes is 1. The first-order chi connectivity index (χ1) is 4.35. The molecule has 0 bridgehead atoms. The molecule has 0 aliphatic rings. The van der Waals surface area contributed by atoms with Gasteiger partial charge in [-0.05, 0) is 0 Å². The second-order valence-electron chi connectivity index (χ2n) is 1.40. The first-order valence-electron chi connectivity index (χ1n) is 2.47. The monoisotopic (exact) mass is 136 g/mol. The summed E-state index contributed by atoms with van der Waals surface area (Å²) < 4.78 is 20.5. The number of rotatable bonds is 5. The Labute approximate surface area is 52.8 Å². The third-order valence-electron chi connectivity index (χ3n) is 0.704. The lowest BCUT2D eigenvalue weighted by atomic mass is 10.4. The Kier molecular flexibility index (Phi) is 5.35. The van der Waals surface area contributed by atoms with Crippen LogP contribution in [0.2, 0.25) is 0 Å². The molecule has 0 radical (unpaired) electrons. The molecule has 1 unspecified atom stereocenters. The van der Waals surface area contributed by atoms with E-state index in [1.165, 1.54) is 7.11 Å². The second kappa shape index (κ2) is 5.65. The molecule has 4 heteroatoms. The minimum Gasteiger partial charge on any atom is -0.359 e. The number of carbonyl (C=O) groups is 1. The van der Waals surface area contributed by atoms with Crippen LogP contribution in [0.3, 0.4) is 0 Å². The highest BCUT2D eigenvalue weighted by atomic mass is 19.1. The lowest BCUT2D eigenvalue weighted by Crippen LogP contribution is -2.17. The van der Waals surface area contributed by atoms with Crippen LogP contribution >= 0.6 is 0 Å². The summed E-state index contributed by atoms with van der Waals surface area (Å²) in [6.07, 6.45) is -0.566. The van der Waals surface area contributed by atoms with Gasteiger partial charge in [-0.2, -0.15) is 0 Å². The Morgan fingerprint density at radius 2 is 2.44 bits per heavy atom. The molecule has 9 heavy (non-hydrogen) atoms. The standard InChI is InChI=1S/C5H9FO3/c1-8-4-9-5(2-6)3-7/h3,5H,2,4H2,1H3. The fourth-order valence-corrected chi connectivity index (χ4v) is 0.276. The van der Waals surface area contributed by atoms with Crippen LogP contribution in [0, 0.1) is 0 Å². The Balaban J connectivity index is 3.20. The highest BCUT2D eigenvalue weighted by Crippen LogP contribution is 1.87. The summed E-state index contributed by atoms with van der Waals surface area (Å²) in [4.78, 5) is 9.82. The molecule has 3 nitrogen and oxygen atoms in total. The maximum absolute atomic E-state index is 11.6. The maximum atomic E-state index is 11.6. The van der Waals surface area contributed by atoms with Gasteiger partial charge in [0.1, 0.15) is 19.6 Å². The maximum Gasteiger partial charge on any atom is 0.151 e. The van der Waals surface area contributed by atoms with Crippen LogP contribution in [0.1, 0.15) is 0 Å². The van der Waals surface area contributed by atoms with Crippen LogP contribution < -0.4 is 0 Å². The third kappa shape index (κ3) is 4.05. The Morgan fingerprint density at radius 1 is 1.78 bits per heavy atom. The van der Waals surface area contributed by atoms with Crippen LogP contribution in [0.4, 0.5) is 4.39 Å². The quantitative estimate of drug-likeness (QED) is 0.398. The van der Waals surface area contributed by atoms with Gasteiger partial charge >= 0.3 is 0 Å². The smallest absolute Gasteiger partial charge is 0.151 e. The van der Waals surface area contributed by atoms with Gasteiger partial charge in [0.2, 0.25) is 0 Å². The lowest BCUT2D eigenvalue weighted by Gasteiger charge is -2.04. The number of methoxy groups -OCH3 is 1. The van der Waals surface area contributed by atoms with Gasteiger partial charge in [0.05, 0.1) is 0 Å². The van der Waals surface area contributed by atoms with Crippen molar-refractivity contribution in [2.24, 2.45) is 0 Å². The van der Waals surface area contributed by atoms with E-state index < -0.39 is 12.8 Å². The second-order valence-corrected chi connectivity index (χ2v) is 1.40. The zero-order valence-electron chi connectivity index (χ0n) is 5.17. The minimum atomic E-state index is -0.968. The van der Waals surface area contributed by atoms with E-state index in [9.17, 15) is 9.18 Å². The van der Waals surface area contributed by atoms with Crippen LogP contribution in [0.25, 0.3) is 0 Å². The van der Waals surface area contributed by atoms with E-state index in [1.807, 2.05) is 0 Å². The van der Waals surface area contributed by atoms with Crippen molar-refractivity contribution in [1.82, 2.24) is 0 Å². The van der Waals surface area contributed by atoms with Gasteiger partial charge in [-0.3, -0.25) is 0 Å². The molecule has 0 saturated heterocycles. The molecule has 0 fully saturated rings. The van der Waals surface area contributed by atoms with Gasteiger partial charge < -0.3 is 14.3 Å². The van der Waals surface area contributed by atoms with E-state index in [4.69, 9.17) is 0 Å². The van der Waals surface area contributed by atoms with E-state index in [0.717, 1.165) is 0 Å². The first-order valence-corrected chi connectivity index (χ1v) is 2.47. The van der Waals surface area contributed by atoms with Crippen molar-refractivity contribution in [1.29, 1.82) is 0 Å². The van der Waals surface area contributed by atoms with Crippen LogP contribution in [-0.2, 0) is 14.3 Å². The van der Waals surface area contributed by atoms with E-state index in [0.29, 0.717) is 6.29 Å². The van der Waals surface area contributed by atoms with Crippen LogP contribution in [0.5, 0.6) is 0 Å². The summed E-state index contributed by atoms with van der Waals surface area (Å²) in [6, 6.07) is 0. The molecule has 1 atom stereocenters. The largest absolute Gasteiger partial charge is 0.359 e. The number of hydrogen-bond acceptors (Lipinski definition) is 3. The Bertz CT molecular complexity index is 76.6. The summed E-state index contributed by atoms with van der Waals surface area (Å²) in [5, 5.41) is 0. The Hall–Kier alpha value is -0.480. The fraction of sp³-hybridized carbons (Fsp3) is 0.800. The molecule has 0 aromatic rings. The van der Waals surface area contributed by atoms with Crippen LogP contribution in [-0.4, -0.2) is 33.0 Å². The molecule has 0 spiro atoms. The van der Waals surface area contributed by atoms with Crippen molar-refractivity contribution in [3.8, 4) is 0 Å². The first kappa shape index (κ1) is 8.52. The average Bonchev–Trinajstić information content (AvgIpc) is 1.91. The molecule has 0 aromatic carbocycles. The highest BCUT2D eigenvalue weighted by molar-refractivity contribution is 5.55. The van der Waals surface area contributed by atoms with Crippen molar-refractivity contribution in [2.45, 2.75) is 6.10 Å². The fourth-order valence-electron chi connectivity index (χ4n) is 0.276. The molecule has 0 aliphatic carbocycles. The molecule has 0 rings (SSSR count). The Morgan fingerprint density at radius 3 is 2.78 bits per heavy atom. The zero-order valence-corrected chi connectivity index (χ0v) is 5.17. The van der Waals surface area contributed by atoms with Crippen molar-refractivity contribution in [2.75, 3.05) is 20.6 Å². The van der Waals surface area contributed by atoms with Crippen molar-refractivity contribution < 1.29 is 18.7 Å².